The van der Waals surface area contributed by atoms with Crippen molar-refractivity contribution in [1.29, 1.82) is 0 Å². The molecule has 0 saturated heterocycles. The van der Waals surface area contributed by atoms with Crippen molar-refractivity contribution in [2.45, 2.75) is 20.0 Å². The first kappa shape index (κ1) is 12.3. The van der Waals surface area contributed by atoms with Gasteiger partial charge in [-0.15, -0.1) is 0 Å². The standard InChI is InChI=1S/C12H14N4O2/c1-9-2-3-10(4-12(9)16(17)18)5-13-6-11-7-14-8-15-11/h2-4,7-8,13H,5-6H2,1H3,(H,14,15). The molecule has 0 atom stereocenters. The van der Waals surface area contributed by atoms with Gasteiger partial charge in [0.1, 0.15) is 0 Å². The van der Waals surface area contributed by atoms with Gasteiger partial charge in [0.2, 0.25) is 0 Å². The quantitative estimate of drug-likeness (QED) is 0.623. The first-order valence-electron chi connectivity index (χ1n) is 5.58. The van der Waals surface area contributed by atoms with Gasteiger partial charge in [-0.25, -0.2) is 4.98 Å². The minimum Gasteiger partial charge on any atom is -0.347 e. The summed E-state index contributed by atoms with van der Waals surface area (Å²) >= 11 is 0. The van der Waals surface area contributed by atoms with Crippen LogP contribution in [0, 0.1) is 17.0 Å². The normalized spacial score (nSPS) is 10.5. The minimum absolute atomic E-state index is 0.163. The van der Waals surface area contributed by atoms with Crippen LogP contribution in [0.15, 0.2) is 30.7 Å². The van der Waals surface area contributed by atoms with E-state index in [1.54, 1.807) is 31.6 Å². The summed E-state index contributed by atoms with van der Waals surface area (Å²) in [6, 6.07) is 5.27. The number of hydrogen-bond donors (Lipinski definition) is 2. The molecule has 0 aliphatic rings. The smallest absolute Gasteiger partial charge is 0.272 e. The van der Waals surface area contributed by atoms with Crippen molar-refractivity contribution >= 4 is 5.69 Å². The average molecular weight is 246 g/mol. The Bertz CT molecular complexity index is 537. The largest absolute Gasteiger partial charge is 0.347 e. The predicted molar refractivity (Wildman–Crippen MR) is 67.0 cm³/mol. The van der Waals surface area contributed by atoms with Crippen molar-refractivity contribution in [2.24, 2.45) is 0 Å². The summed E-state index contributed by atoms with van der Waals surface area (Å²) in [6.45, 7) is 2.97. The van der Waals surface area contributed by atoms with E-state index in [0.717, 1.165) is 11.3 Å². The van der Waals surface area contributed by atoms with Gasteiger partial charge in [-0.3, -0.25) is 10.1 Å². The summed E-state index contributed by atoms with van der Waals surface area (Å²) in [5.41, 5.74) is 2.72. The highest BCUT2D eigenvalue weighted by atomic mass is 16.6. The van der Waals surface area contributed by atoms with E-state index in [2.05, 4.69) is 15.3 Å². The van der Waals surface area contributed by atoms with Crippen molar-refractivity contribution in [2.75, 3.05) is 0 Å². The number of aryl methyl sites for hydroxylation is 1. The lowest BCUT2D eigenvalue weighted by atomic mass is 10.1. The Morgan fingerprint density at radius 2 is 2.28 bits per heavy atom. The molecule has 2 rings (SSSR count). The van der Waals surface area contributed by atoms with Crippen LogP contribution < -0.4 is 5.32 Å². The molecule has 0 unspecified atom stereocenters. The van der Waals surface area contributed by atoms with Crippen molar-refractivity contribution in [3.8, 4) is 0 Å². The van der Waals surface area contributed by atoms with Crippen LogP contribution in [0.1, 0.15) is 16.8 Å². The Morgan fingerprint density at radius 1 is 1.44 bits per heavy atom. The van der Waals surface area contributed by atoms with Gasteiger partial charge in [-0.1, -0.05) is 12.1 Å². The third kappa shape index (κ3) is 2.92. The number of benzene rings is 1. The van der Waals surface area contributed by atoms with E-state index in [4.69, 9.17) is 0 Å². The number of imidazole rings is 1. The van der Waals surface area contributed by atoms with Crippen LogP contribution in [0.3, 0.4) is 0 Å². The van der Waals surface area contributed by atoms with Gasteiger partial charge in [0, 0.05) is 36.6 Å². The van der Waals surface area contributed by atoms with Crippen LogP contribution in [0.5, 0.6) is 0 Å². The molecule has 0 bridgehead atoms. The Hall–Kier alpha value is -2.21. The van der Waals surface area contributed by atoms with Crippen LogP contribution in [0.2, 0.25) is 0 Å². The van der Waals surface area contributed by atoms with Gasteiger partial charge in [0.15, 0.2) is 0 Å². The van der Waals surface area contributed by atoms with Crippen LogP contribution in [0.4, 0.5) is 5.69 Å². The molecule has 6 heteroatoms. The number of nitrogens with one attached hydrogen (secondary N) is 2. The molecule has 0 fully saturated rings. The van der Waals surface area contributed by atoms with Gasteiger partial charge in [-0.05, 0) is 12.5 Å². The molecular formula is C12H14N4O2. The molecule has 94 valence electrons. The summed E-state index contributed by atoms with van der Waals surface area (Å²) < 4.78 is 0. The second kappa shape index (κ2) is 5.42. The highest BCUT2D eigenvalue weighted by Crippen LogP contribution is 2.19. The van der Waals surface area contributed by atoms with Crippen LogP contribution in [-0.2, 0) is 13.1 Å². The van der Waals surface area contributed by atoms with Crippen molar-refractivity contribution in [1.82, 2.24) is 15.3 Å². The van der Waals surface area contributed by atoms with E-state index in [1.807, 2.05) is 6.07 Å². The van der Waals surface area contributed by atoms with E-state index < -0.39 is 0 Å². The number of H-pyrrole nitrogens is 1. The van der Waals surface area contributed by atoms with Crippen molar-refractivity contribution in [3.05, 3.63) is 57.7 Å². The summed E-state index contributed by atoms with van der Waals surface area (Å²) in [4.78, 5) is 17.3. The number of hydrogen-bond acceptors (Lipinski definition) is 4. The van der Waals surface area contributed by atoms with Gasteiger partial charge in [0.05, 0.1) is 11.3 Å². The van der Waals surface area contributed by atoms with Crippen molar-refractivity contribution in [3.63, 3.8) is 0 Å². The number of rotatable bonds is 5. The lowest BCUT2D eigenvalue weighted by Gasteiger charge is -2.04. The molecule has 0 saturated carbocycles. The van der Waals surface area contributed by atoms with Crippen molar-refractivity contribution < 1.29 is 4.92 Å². The zero-order chi connectivity index (χ0) is 13.0. The van der Waals surface area contributed by atoms with Crippen LogP contribution in [0.25, 0.3) is 0 Å². The number of aromatic nitrogens is 2. The molecule has 1 aromatic heterocycles. The second-order valence-electron chi connectivity index (χ2n) is 4.06. The highest BCUT2D eigenvalue weighted by Gasteiger charge is 2.10. The number of aromatic amines is 1. The maximum absolute atomic E-state index is 10.8. The summed E-state index contributed by atoms with van der Waals surface area (Å²) in [7, 11) is 0. The fourth-order valence-electron chi connectivity index (χ4n) is 1.68. The van der Waals surface area contributed by atoms with Gasteiger partial charge in [0.25, 0.3) is 5.69 Å². The maximum atomic E-state index is 10.8. The lowest BCUT2D eigenvalue weighted by Crippen LogP contribution is -2.13. The molecule has 1 aromatic carbocycles. The van der Waals surface area contributed by atoms with E-state index in [1.165, 1.54) is 0 Å². The predicted octanol–water partition coefficient (Wildman–Crippen LogP) is 1.92. The molecule has 0 spiro atoms. The molecule has 6 nitrogen and oxygen atoms in total. The summed E-state index contributed by atoms with van der Waals surface area (Å²) in [6.07, 6.45) is 3.36. The van der Waals surface area contributed by atoms with Gasteiger partial charge in [-0.2, -0.15) is 0 Å². The van der Waals surface area contributed by atoms with Gasteiger partial charge >= 0.3 is 0 Å². The van der Waals surface area contributed by atoms with E-state index in [9.17, 15) is 10.1 Å². The van der Waals surface area contributed by atoms with Crippen LogP contribution in [-0.4, -0.2) is 14.9 Å². The molecule has 0 amide bonds. The van der Waals surface area contributed by atoms with E-state index in [0.29, 0.717) is 18.7 Å². The number of nitrogens with zero attached hydrogens (tertiary/aromatic N) is 2. The summed E-state index contributed by atoms with van der Waals surface area (Å²) in [5.74, 6) is 0. The molecular weight excluding hydrogens is 232 g/mol. The SMILES string of the molecule is Cc1ccc(CNCc2cnc[nH]2)cc1[N+](=O)[O-]. The third-order valence-corrected chi connectivity index (χ3v) is 2.67. The fraction of sp³-hybridized carbons (Fsp3) is 0.250. The molecule has 0 aliphatic carbocycles. The zero-order valence-corrected chi connectivity index (χ0v) is 10.0. The topological polar surface area (TPSA) is 83.8 Å². The Kier molecular flexibility index (Phi) is 3.69. The van der Waals surface area contributed by atoms with E-state index >= 15 is 0 Å². The Labute approximate surface area is 104 Å². The second-order valence-corrected chi connectivity index (χ2v) is 4.06. The highest BCUT2D eigenvalue weighted by molar-refractivity contribution is 5.42. The Morgan fingerprint density at radius 3 is 2.94 bits per heavy atom. The molecule has 2 N–H and O–H groups in total. The monoisotopic (exact) mass is 246 g/mol. The molecule has 1 heterocycles. The molecule has 0 radical (unpaired) electrons. The van der Waals surface area contributed by atoms with Crippen LogP contribution >= 0.6 is 0 Å². The number of nitro groups is 1. The third-order valence-electron chi connectivity index (χ3n) is 2.67. The van der Waals surface area contributed by atoms with Gasteiger partial charge < -0.3 is 10.3 Å². The average Bonchev–Trinajstić information content (AvgIpc) is 2.84. The number of nitro benzene ring substituents is 1. The first-order chi connectivity index (χ1) is 8.66. The van der Waals surface area contributed by atoms with E-state index in [-0.39, 0.29) is 10.6 Å². The Balaban J connectivity index is 1.97. The first-order valence-corrected chi connectivity index (χ1v) is 5.58. The minimum atomic E-state index is -0.353. The zero-order valence-electron chi connectivity index (χ0n) is 10.0. The maximum Gasteiger partial charge on any atom is 0.272 e. The lowest BCUT2D eigenvalue weighted by molar-refractivity contribution is -0.385. The molecule has 2 aromatic rings. The fourth-order valence-corrected chi connectivity index (χ4v) is 1.68. The summed E-state index contributed by atoms with van der Waals surface area (Å²) in [5, 5.41) is 14.0. The molecule has 0 aliphatic heterocycles. The molecule has 18 heavy (non-hydrogen) atoms.